The Morgan fingerprint density at radius 3 is 3.00 bits per heavy atom. The van der Waals surface area contributed by atoms with E-state index in [9.17, 15) is 4.79 Å². The van der Waals surface area contributed by atoms with Gasteiger partial charge in [0.25, 0.3) is 0 Å². The summed E-state index contributed by atoms with van der Waals surface area (Å²) in [4.78, 5) is 18.7. The molecule has 1 unspecified atom stereocenters. The molecule has 0 radical (unpaired) electrons. The third kappa shape index (κ3) is 4.25. The molecule has 0 spiro atoms. The average molecular weight is 223 g/mol. The van der Waals surface area contributed by atoms with Gasteiger partial charge in [0.05, 0.1) is 5.92 Å². The maximum atomic E-state index is 10.6. The molecule has 1 heterocycles. The van der Waals surface area contributed by atoms with Crippen LogP contribution in [0.15, 0.2) is 12.3 Å². The molecule has 2 N–H and O–H groups in total. The van der Waals surface area contributed by atoms with E-state index in [2.05, 4.69) is 15.3 Å². The zero-order valence-corrected chi connectivity index (χ0v) is 9.60. The van der Waals surface area contributed by atoms with Crippen molar-refractivity contribution in [2.45, 2.75) is 26.7 Å². The van der Waals surface area contributed by atoms with E-state index in [0.717, 1.165) is 24.6 Å². The highest BCUT2D eigenvalue weighted by Crippen LogP contribution is 2.06. The van der Waals surface area contributed by atoms with E-state index >= 15 is 0 Å². The Morgan fingerprint density at radius 2 is 2.38 bits per heavy atom. The van der Waals surface area contributed by atoms with Gasteiger partial charge in [-0.1, -0.05) is 6.92 Å². The Labute approximate surface area is 94.9 Å². The molecule has 0 aliphatic carbocycles. The summed E-state index contributed by atoms with van der Waals surface area (Å²) in [6.07, 6.45) is 3.19. The van der Waals surface area contributed by atoms with Crippen LogP contribution in [0.2, 0.25) is 0 Å². The van der Waals surface area contributed by atoms with Crippen molar-refractivity contribution in [2.24, 2.45) is 5.92 Å². The highest BCUT2D eigenvalue weighted by molar-refractivity contribution is 5.69. The number of aryl methyl sites for hydroxylation is 1. The van der Waals surface area contributed by atoms with Crippen LogP contribution in [-0.4, -0.2) is 27.6 Å². The molecule has 0 amide bonds. The third-order valence-electron chi connectivity index (χ3n) is 2.32. The van der Waals surface area contributed by atoms with Crippen LogP contribution < -0.4 is 5.32 Å². The summed E-state index contributed by atoms with van der Waals surface area (Å²) >= 11 is 0. The average Bonchev–Trinajstić information content (AvgIpc) is 2.24. The van der Waals surface area contributed by atoms with E-state index in [1.165, 1.54) is 0 Å². The van der Waals surface area contributed by atoms with E-state index in [1.807, 2.05) is 6.92 Å². The molecular formula is C11H17N3O2. The Hall–Kier alpha value is -1.65. The highest BCUT2D eigenvalue weighted by atomic mass is 16.4. The van der Waals surface area contributed by atoms with Gasteiger partial charge in [-0.15, -0.1) is 0 Å². The summed E-state index contributed by atoms with van der Waals surface area (Å²) in [5.41, 5.74) is 0. The molecule has 0 aromatic carbocycles. The third-order valence-corrected chi connectivity index (χ3v) is 2.32. The maximum Gasteiger partial charge on any atom is 0.306 e. The smallest absolute Gasteiger partial charge is 0.306 e. The molecular weight excluding hydrogens is 206 g/mol. The van der Waals surface area contributed by atoms with Crippen molar-refractivity contribution >= 4 is 11.8 Å². The number of nitrogens with zero attached hydrogens (tertiary/aromatic N) is 2. The van der Waals surface area contributed by atoms with Crippen LogP contribution in [0.5, 0.6) is 0 Å². The fourth-order valence-corrected chi connectivity index (χ4v) is 1.30. The topological polar surface area (TPSA) is 75.1 Å². The molecule has 1 aromatic rings. The first-order valence-electron chi connectivity index (χ1n) is 5.36. The molecule has 0 saturated heterocycles. The summed E-state index contributed by atoms with van der Waals surface area (Å²) in [6, 6.07) is 1.80. The minimum atomic E-state index is -0.738. The second-order valence-electron chi connectivity index (χ2n) is 3.80. The summed E-state index contributed by atoms with van der Waals surface area (Å²) in [6.45, 7) is 4.28. The molecule has 1 atom stereocenters. The van der Waals surface area contributed by atoms with Gasteiger partial charge in [0.15, 0.2) is 0 Å². The molecule has 88 valence electrons. The van der Waals surface area contributed by atoms with Crippen LogP contribution in [0.4, 0.5) is 5.82 Å². The van der Waals surface area contributed by atoms with Crippen LogP contribution in [-0.2, 0) is 4.79 Å². The van der Waals surface area contributed by atoms with Gasteiger partial charge >= 0.3 is 5.97 Å². The molecule has 0 aliphatic heterocycles. The SMILES string of the molecule is Cc1nccc(NCCCC(C)C(=O)O)n1. The standard InChI is InChI=1S/C11H17N3O2/c1-8(11(15)16)4-3-6-13-10-5-7-12-9(2)14-10/h5,7-8H,3-4,6H2,1-2H3,(H,15,16)(H,12,13,14). The fourth-order valence-electron chi connectivity index (χ4n) is 1.30. The Kier molecular flexibility index (Phi) is 4.69. The van der Waals surface area contributed by atoms with Gasteiger partial charge < -0.3 is 10.4 Å². The maximum absolute atomic E-state index is 10.6. The normalized spacial score (nSPS) is 12.1. The minimum Gasteiger partial charge on any atom is -0.481 e. The number of anilines is 1. The number of hydrogen-bond donors (Lipinski definition) is 2. The molecule has 0 fully saturated rings. The van der Waals surface area contributed by atoms with E-state index in [-0.39, 0.29) is 5.92 Å². The zero-order chi connectivity index (χ0) is 12.0. The second kappa shape index (κ2) is 6.05. The Bertz CT molecular complexity index is 355. The summed E-state index contributed by atoms with van der Waals surface area (Å²) in [5.74, 6) is 0.492. The van der Waals surface area contributed by atoms with Gasteiger partial charge in [0, 0.05) is 12.7 Å². The first kappa shape index (κ1) is 12.4. The van der Waals surface area contributed by atoms with Gasteiger partial charge in [-0.25, -0.2) is 9.97 Å². The van der Waals surface area contributed by atoms with Crippen molar-refractivity contribution in [2.75, 3.05) is 11.9 Å². The van der Waals surface area contributed by atoms with Crippen LogP contribution in [0, 0.1) is 12.8 Å². The molecule has 1 rings (SSSR count). The van der Waals surface area contributed by atoms with Gasteiger partial charge in [-0.05, 0) is 25.8 Å². The highest BCUT2D eigenvalue weighted by Gasteiger charge is 2.09. The zero-order valence-electron chi connectivity index (χ0n) is 9.60. The van der Waals surface area contributed by atoms with Gasteiger partial charge in [-0.3, -0.25) is 4.79 Å². The van der Waals surface area contributed by atoms with Crippen molar-refractivity contribution in [3.63, 3.8) is 0 Å². The molecule has 16 heavy (non-hydrogen) atoms. The largest absolute Gasteiger partial charge is 0.481 e. The van der Waals surface area contributed by atoms with Crippen molar-refractivity contribution < 1.29 is 9.90 Å². The van der Waals surface area contributed by atoms with E-state index in [0.29, 0.717) is 6.42 Å². The molecule has 5 heteroatoms. The van der Waals surface area contributed by atoms with Crippen molar-refractivity contribution in [3.8, 4) is 0 Å². The van der Waals surface area contributed by atoms with Crippen molar-refractivity contribution in [1.82, 2.24) is 9.97 Å². The van der Waals surface area contributed by atoms with Crippen LogP contribution >= 0.6 is 0 Å². The Morgan fingerprint density at radius 1 is 1.62 bits per heavy atom. The van der Waals surface area contributed by atoms with E-state index in [4.69, 9.17) is 5.11 Å². The Balaban J connectivity index is 2.23. The second-order valence-corrected chi connectivity index (χ2v) is 3.80. The first-order valence-corrected chi connectivity index (χ1v) is 5.36. The number of aromatic nitrogens is 2. The quantitative estimate of drug-likeness (QED) is 0.718. The number of hydrogen-bond acceptors (Lipinski definition) is 4. The summed E-state index contributed by atoms with van der Waals surface area (Å²) in [5, 5.41) is 11.8. The van der Waals surface area contributed by atoms with Gasteiger partial charge in [-0.2, -0.15) is 0 Å². The molecule has 0 bridgehead atoms. The number of carboxylic acid groups (broad SMARTS) is 1. The van der Waals surface area contributed by atoms with Gasteiger partial charge in [0.2, 0.25) is 0 Å². The number of aliphatic carboxylic acids is 1. The molecule has 0 saturated carbocycles. The monoisotopic (exact) mass is 223 g/mol. The number of nitrogens with one attached hydrogen (secondary N) is 1. The minimum absolute atomic E-state index is 0.283. The lowest BCUT2D eigenvalue weighted by Crippen LogP contribution is -2.12. The number of rotatable bonds is 6. The van der Waals surface area contributed by atoms with Crippen LogP contribution in [0.1, 0.15) is 25.6 Å². The predicted molar refractivity (Wildman–Crippen MR) is 61.3 cm³/mol. The van der Waals surface area contributed by atoms with Crippen molar-refractivity contribution in [1.29, 1.82) is 0 Å². The molecule has 0 aliphatic rings. The summed E-state index contributed by atoms with van der Waals surface area (Å²) < 4.78 is 0. The fraction of sp³-hybridized carbons (Fsp3) is 0.545. The van der Waals surface area contributed by atoms with E-state index in [1.54, 1.807) is 19.2 Å². The first-order chi connectivity index (χ1) is 7.59. The molecule has 1 aromatic heterocycles. The van der Waals surface area contributed by atoms with Gasteiger partial charge in [0.1, 0.15) is 11.6 Å². The lowest BCUT2D eigenvalue weighted by molar-refractivity contribution is -0.141. The lowest BCUT2D eigenvalue weighted by atomic mass is 10.1. The summed E-state index contributed by atoms with van der Waals surface area (Å²) in [7, 11) is 0. The van der Waals surface area contributed by atoms with Crippen LogP contribution in [0.3, 0.4) is 0 Å². The number of carbonyl (C=O) groups is 1. The lowest BCUT2D eigenvalue weighted by Gasteiger charge is -2.07. The van der Waals surface area contributed by atoms with E-state index < -0.39 is 5.97 Å². The molecule has 5 nitrogen and oxygen atoms in total. The predicted octanol–water partition coefficient (Wildman–Crippen LogP) is 1.70. The number of carboxylic acids is 1. The van der Waals surface area contributed by atoms with Crippen molar-refractivity contribution in [3.05, 3.63) is 18.1 Å². The van der Waals surface area contributed by atoms with Crippen LogP contribution in [0.25, 0.3) is 0 Å².